The first-order valence-corrected chi connectivity index (χ1v) is 9.18. The quantitative estimate of drug-likeness (QED) is 0.420. The van der Waals surface area contributed by atoms with Gasteiger partial charge in [-0.3, -0.25) is 0 Å². The van der Waals surface area contributed by atoms with E-state index in [1.165, 1.54) is 6.07 Å². The minimum absolute atomic E-state index is 0.0377. The number of rotatable bonds is 5. The molecule has 8 nitrogen and oxygen atoms in total. The van der Waals surface area contributed by atoms with Crippen molar-refractivity contribution in [3.63, 3.8) is 0 Å². The number of nitrogens with zero attached hydrogens (tertiary/aromatic N) is 3. The van der Waals surface area contributed by atoms with Crippen LogP contribution in [0, 0.1) is 12.3 Å². The van der Waals surface area contributed by atoms with Gasteiger partial charge in [-0.1, -0.05) is 20.8 Å². The largest absolute Gasteiger partial charge is 0.477 e. The number of hydrogen-bond donors (Lipinski definition) is 2. The molecule has 28 heavy (non-hydrogen) atoms. The lowest BCUT2D eigenvalue weighted by molar-refractivity contribution is 0.0507. The summed E-state index contributed by atoms with van der Waals surface area (Å²) in [5.74, 6) is -0.764. The zero-order valence-electron chi connectivity index (χ0n) is 17.5. The van der Waals surface area contributed by atoms with Gasteiger partial charge in [0, 0.05) is 6.54 Å². The number of alkyl carbamates (subject to hydrolysis) is 1. The van der Waals surface area contributed by atoms with Gasteiger partial charge in [-0.05, 0) is 63.1 Å². The molecule has 0 bridgehead atoms. The zero-order valence-corrected chi connectivity index (χ0v) is 18.2. The molecule has 1 atom stereocenters. The average Bonchev–Trinajstić information content (AvgIpc) is 2.81. The Kier molecular flexibility index (Phi) is 7.42. The molecule has 0 saturated carbocycles. The maximum absolute atomic E-state index is 12.1. The van der Waals surface area contributed by atoms with Crippen molar-refractivity contribution in [1.29, 1.82) is 0 Å². The van der Waals surface area contributed by atoms with E-state index in [1.54, 1.807) is 32.3 Å². The number of hydrogen-bond acceptors (Lipinski definition) is 4. The van der Waals surface area contributed by atoms with Gasteiger partial charge in [0.1, 0.15) is 17.1 Å². The van der Waals surface area contributed by atoms with Crippen LogP contribution in [0.25, 0.3) is 0 Å². The molecule has 0 aromatic carbocycles. The van der Waals surface area contributed by atoms with Crippen LogP contribution in [0.15, 0.2) is 16.1 Å². The van der Waals surface area contributed by atoms with E-state index in [2.05, 4.69) is 22.0 Å². The third-order valence-corrected chi connectivity index (χ3v) is 4.10. The van der Waals surface area contributed by atoms with Crippen molar-refractivity contribution < 1.29 is 19.4 Å². The fourth-order valence-corrected chi connectivity index (χ4v) is 2.75. The standard InChI is InChI=1S/C19H29ClN4O4/c1-11-9-12(15(25)26)24(14(11)23-16(20)21-8)13(18(2,3)4)10-22-17(27)28-19(5,6)7/h9,13H,8,10H2,1-7H3,(H,22,27)(H,25,26)/t13-/m1/s1. The number of amidine groups is 1. The van der Waals surface area contributed by atoms with Crippen molar-refractivity contribution >= 4 is 41.5 Å². The van der Waals surface area contributed by atoms with Crippen molar-refractivity contribution in [2.45, 2.75) is 60.1 Å². The molecule has 0 fully saturated rings. The van der Waals surface area contributed by atoms with Gasteiger partial charge in [0.2, 0.25) is 5.29 Å². The predicted molar refractivity (Wildman–Crippen MR) is 111 cm³/mol. The summed E-state index contributed by atoms with van der Waals surface area (Å²) >= 11 is 5.92. The Morgan fingerprint density at radius 3 is 2.32 bits per heavy atom. The highest BCUT2D eigenvalue weighted by atomic mass is 35.5. The molecular formula is C19H29ClN4O4. The number of carbonyl (C=O) groups is 2. The molecule has 1 heterocycles. The highest BCUT2D eigenvalue weighted by Crippen LogP contribution is 2.37. The summed E-state index contributed by atoms with van der Waals surface area (Å²) in [4.78, 5) is 31.8. The lowest BCUT2D eigenvalue weighted by Crippen LogP contribution is -2.40. The fraction of sp³-hybridized carbons (Fsp3) is 0.579. The van der Waals surface area contributed by atoms with Gasteiger partial charge < -0.3 is 19.7 Å². The van der Waals surface area contributed by atoms with Crippen LogP contribution in [-0.4, -0.2) is 45.9 Å². The lowest BCUT2D eigenvalue weighted by atomic mass is 9.86. The monoisotopic (exact) mass is 412 g/mol. The van der Waals surface area contributed by atoms with Gasteiger partial charge in [-0.15, -0.1) is 0 Å². The number of aryl methyl sites for hydroxylation is 1. The Labute approximate surface area is 170 Å². The molecule has 156 valence electrons. The maximum Gasteiger partial charge on any atom is 0.407 e. The summed E-state index contributed by atoms with van der Waals surface area (Å²) in [5, 5.41) is 12.3. The fourth-order valence-electron chi connectivity index (χ4n) is 2.67. The molecule has 0 aliphatic rings. The summed E-state index contributed by atoms with van der Waals surface area (Å²) < 4.78 is 6.84. The van der Waals surface area contributed by atoms with Gasteiger partial charge in [-0.25, -0.2) is 19.6 Å². The second-order valence-electron chi connectivity index (χ2n) is 8.51. The van der Waals surface area contributed by atoms with Gasteiger partial charge in [0.15, 0.2) is 0 Å². The topological polar surface area (TPSA) is 105 Å². The van der Waals surface area contributed by atoms with Crippen LogP contribution in [0.1, 0.15) is 63.6 Å². The molecule has 0 aliphatic heterocycles. The molecule has 0 aliphatic carbocycles. The van der Waals surface area contributed by atoms with E-state index < -0.39 is 29.1 Å². The Hall–Kier alpha value is -2.35. The molecule has 2 N–H and O–H groups in total. The zero-order chi connectivity index (χ0) is 21.9. The van der Waals surface area contributed by atoms with E-state index in [9.17, 15) is 14.7 Å². The van der Waals surface area contributed by atoms with Gasteiger partial charge >= 0.3 is 12.1 Å². The third-order valence-electron chi connectivity index (χ3n) is 3.89. The van der Waals surface area contributed by atoms with Crippen LogP contribution in [-0.2, 0) is 4.74 Å². The molecule has 0 saturated heterocycles. The summed E-state index contributed by atoms with van der Waals surface area (Å²) in [6.07, 6.45) is -0.585. The Morgan fingerprint density at radius 1 is 1.32 bits per heavy atom. The van der Waals surface area contributed by atoms with E-state index in [0.29, 0.717) is 11.4 Å². The molecule has 1 aromatic heterocycles. The molecule has 0 spiro atoms. The number of carboxylic acids is 1. The van der Waals surface area contributed by atoms with Crippen LogP contribution in [0.2, 0.25) is 0 Å². The van der Waals surface area contributed by atoms with Gasteiger partial charge in [0.05, 0.1) is 6.04 Å². The minimum atomic E-state index is -1.11. The van der Waals surface area contributed by atoms with Crippen molar-refractivity contribution in [2.75, 3.05) is 6.54 Å². The summed E-state index contributed by atoms with van der Waals surface area (Å²) in [6, 6.07) is 1.06. The average molecular weight is 413 g/mol. The van der Waals surface area contributed by atoms with E-state index in [1.807, 2.05) is 20.8 Å². The number of carboxylic acid groups (broad SMARTS) is 1. The van der Waals surface area contributed by atoms with Crippen molar-refractivity contribution in [1.82, 2.24) is 9.88 Å². The number of aliphatic imine (C=N–C) groups is 2. The highest BCUT2D eigenvalue weighted by molar-refractivity contribution is 6.65. The number of nitrogens with one attached hydrogen (secondary N) is 1. The smallest absolute Gasteiger partial charge is 0.407 e. The number of carbonyl (C=O) groups excluding carboxylic acids is 1. The summed E-state index contributed by atoms with van der Waals surface area (Å²) in [6.45, 7) is 16.3. The molecule has 0 unspecified atom stereocenters. The normalized spacial score (nSPS) is 13.8. The first-order chi connectivity index (χ1) is 12.7. The second-order valence-corrected chi connectivity index (χ2v) is 8.85. The number of halogens is 1. The summed E-state index contributed by atoms with van der Waals surface area (Å²) in [7, 11) is 0. The number of amides is 1. The van der Waals surface area contributed by atoms with Gasteiger partial charge in [-0.2, -0.15) is 0 Å². The Morgan fingerprint density at radius 2 is 1.89 bits per heavy atom. The van der Waals surface area contributed by atoms with E-state index in [-0.39, 0.29) is 17.5 Å². The SMILES string of the molecule is C=NC(Cl)=Nc1c(C)cc(C(=O)O)n1[C@H](CNC(=O)OC(C)(C)C)C(C)(C)C. The van der Waals surface area contributed by atoms with E-state index in [4.69, 9.17) is 16.3 Å². The molecule has 9 heteroatoms. The molecule has 0 radical (unpaired) electrons. The molecule has 1 rings (SSSR count). The summed E-state index contributed by atoms with van der Waals surface area (Å²) in [5.41, 5.74) is -0.416. The van der Waals surface area contributed by atoms with Crippen LogP contribution >= 0.6 is 11.6 Å². The van der Waals surface area contributed by atoms with Gasteiger partial charge in [0.25, 0.3) is 0 Å². The van der Waals surface area contributed by atoms with E-state index >= 15 is 0 Å². The highest BCUT2D eigenvalue weighted by Gasteiger charge is 2.33. The first kappa shape index (κ1) is 23.7. The predicted octanol–water partition coefficient (Wildman–Crippen LogP) is 4.53. The van der Waals surface area contributed by atoms with Crippen molar-refractivity contribution in [3.8, 4) is 0 Å². The number of ether oxygens (including phenoxy) is 1. The van der Waals surface area contributed by atoms with Crippen LogP contribution in [0.5, 0.6) is 0 Å². The van der Waals surface area contributed by atoms with Crippen LogP contribution < -0.4 is 5.32 Å². The third kappa shape index (κ3) is 6.37. The van der Waals surface area contributed by atoms with Crippen LogP contribution in [0.3, 0.4) is 0 Å². The molecule has 1 aromatic rings. The van der Waals surface area contributed by atoms with Crippen molar-refractivity contribution in [2.24, 2.45) is 15.4 Å². The van der Waals surface area contributed by atoms with Crippen molar-refractivity contribution in [3.05, 3.63) is 17.3 Å². The number of aromatic carboxylic acids is 1. The van der Waals surface area contributed by atoms with E-state index in [0.717, 1.165) is 0 Å². The minimum Gasteiger partial charge on any atom is -0.477 e. The number of aromatic nitrogens is 1. The Bertz CT molecular complexity index is 785. The lowest BCUT2D eigenvalue weighted by Gasteiger charge is -2.34. The molecule has 1 amide bonds. The second kappa shape index (κ2) is 8.77. The maximum atomic E-state index is 12.1. The van der Waals surface area contributed by atoms with Crippen LogP contribution in [0.4, 0.5) is 10.6 Å². The first-order valence-electron chi connectivity index (χ1n) is 8.80. The molecular weight excluding hydrogens is 384 g/mol. The Balaban J connectivity index is 3.44.